The fourth-order valence-corrected chi connectivity index (χ4v) is 4.18. The van der Waals surface area contributed by atoms with E-state index in [4.69, 9.17) is 9.47 Å². The lowest BCUT2D eigenvalue weighted by Gasteiger charge is -2.42. The Morgan fingerprint density at radius 2 is 1.91 bits per heavy atom. The Morgan fingerprint density at radius 1 is 1.12 bits per heavy atom. The Kier molecular flexibility index (Phi) is 6.40. The van der Waals surface area contributed by atoms with Crippen molar-refractivity contribution in [1.29, 1.82) is 0 Å². The highest BCUT2D eigenvalue weighted by molar-refractivity contribution is 7.46. The van der Waals surface area contributed by atoms with Crippen LogP contribution in [0.5, 0.6) is 0 Å². The van der Waals surface area contributed by atoms with Crippen molar-refractivity contribution in [3.8, 4) is 0 Å². The van der Waals surface area contributed by atoms with Crippen molar-refractivity contribution in [2.24, 2.45) is 0 Å². The summed E-state index contributed by atoms with van der Waals surface area (Å²) < 4.78 is 28.7. The zero-order valence-corrected chi connectivity index (χ0v) is 17.4. The van der Waals surface area contributed by atoms with Crippen molar-refractivity contribution in [3.05, 3.63) is 66.6 Å². The van der Waals surface area contributed by atoms with Crippen molar-refractivity contribution in [3.63, 3.8) is 0 Å². The highest BCUT2D eigenvalue weighted by Gasteiger charge is 2.49. The summed E-state index contributed by atoms with van der Waals surface area (Å²) in [5.74, 6) is -0.726. The van der Waals surface area contributed by atoms with Gasteiger partial charge >= 0.3 is 13.8 Å². The maximum Gasteiger partial charge on any atom is 0.470 e. The van der Waals surface area contributed by atoms with Crippen molar-refractivity contribution in [2.45, 2.75) is 30.6 Å². The molecule has 1 fully saturated rings. The molecule has 0 amide bonds. The molecule has 1 aromatic carbocycles. The van der Waals surface area contributed by atoms with E-state index >= 15 is 0 Å². The first kappa shape index (κ1) is 22.6. The predicted octanol–water partition coefficient (Wildman–Crippen LogP) is 0.990. The number of hydrogen-bond donors (Lipinski definition) is 4. The van der Waals surface area contributed by atoms with E-state index in [0.717, 1.165) is 5.39 Å². The fourth-order valence-electron chi connectivity index (χ4n) is 3.62. The zero-order valence-electron chi connectivity index (χ0n) is 16.5. The lowest BCUT2D eigenvalue weighted by molar-refractivity contribution is -0.246. The van der Waals surface area contributed by atoms with Crippen molar-refractivity contribution < 1.29 is 43.4 Å². The second-order valence-corrected chi connectivity index (χ2v) is 8.42. The standard InChI is InChI=1S/C20H21N2O9P/c23-16-15(11-29-20(25)13-5-3-8-21-10-13)30-19(17(24)18(16)31-32(26,27)28)22-9-7-12-4-1-2-6-14(12)22/h1-10,15-19,23-24H,11H2,(H2,26,27,28)/t15-,16-,17-,18+,19-/m1/s1. The van der Waals surface area contributed by atoms with Crippen LogP contribution >= 0.6 is 7.82 Å². The summed E-state index contributed by atoms with van der Waals surface area (Å²) in [6.07, 6.45) is -3.06. The lowest BCUT2D eigenvalue weighted by Crippen LogP contribution is -2.57. The van der Waals surface area contributed by atoms with E-state index in [-0.39, 0.29) is 5.56 Å². The maximum absolute atomic E-state index is 12.2. The number of pyridine rings is 1. The van der Waals surface area contributed by atoms with E-state index in [1.165, 1.54) is 18.5 Å². The number of nitrogens with zero attached hydrogens (tertiary/aromatic N) is 2. The Hall–Kier alpha value is -2.63. The molecular formula is C20H21N2O9P. The largest absolute Gasteiger partial charge is 0.470 e. The minimum atomic E-state index is -5.07. The first-order chi connectivity index (χ1) is 15.2. The van der Waals surface area contributed by atoms with Gasteiger partial charge in [0.25, 0.3) is 0 Å². The number of phosphoric acid groups is 1. The van der Waals surface area contributed by atoms with E-state index in [9.17, 15) is 29.4 Å². The molecule has 0 saturated carbocycles. The van der Waals surface area contributed by atoms with Crippen LogP contribution in [0.4, 0.5) is 0 Å². The number of aliphatic hydroxyl groups is 2. The molecule has 4 N–H and O–H groups in total. The summed E-state index contributed by atoms with van der Waals surface area (Å²) >= 11 is 0. The number of fused-ring (bicyclic) bond motifs is 1. The highest BCUT2D eigenvalue weighted by Crippen LogP contribution is 2.43. The minimum Gasteiger partial charge on any atom is -0.459 e. The average Bonchev–Trinajstić information content (AvgIpc) is 3.20. The van der Waals surface area contributed by atoms with Crippen molar-refractivity contribution in [1.82, 2.24) is 9.55 Å². The van der Waals surface area contributed by atoms with Crippen molar-refractivity contribution in [2.75, 3.05) is 6.61 Å². The summed E-state index contributed by atoms with van der Waals surface area (Å²) in [6.45, 7) is -0.460. The van der Waals surface area contributed by atoms with E-state index < -0.39 is 51.0 Å². The van der Waals surface area contributed by atoms with Gasteiger partial charge in [-0.2, -0.15) is 0 Å². The molecule has 12 heteroatoms. The number of ether oxygens (including phenoxy) is 2. The average molecular weight is 464 g/mol. The summed E-state index contributed by atoms with van der Waals surface area (Å²) in [5, 5.41) is 22.2. The number of phosphoric ester groups is 1. The first-order valence-corrected chi connectivity index (χ1v) is 11.2. The molecule has 5 atom stereocenters. The number of aliphatic hydroxyl groups excluding tert-OH is 2. The van der Waals surface area contributed by atoms with Gasteiger partial charge in [-0.15, -0.1) is 0 Å². The van der Waals surface area contributed by atoms with Gasteiger partial charge in [-0.05, 0) is 29.7 Å². The normalized spacial score (nSPS) is 26.2. The van der Waals surface area contributed by atoms with Crippen LogP contribution in [0.15, 0.2) is 61.1 Å². The van der Waals surface area contributed by atoms with Crippen molar-refractivity contribution >= 4 is 24.7 Å². The van der Waals surface area contributed by atoms with Crippen LogP contribution in [-0.2, 0) is 18.6 Å². The number of aromatic nitrogens is 2. The molecule has 0 aliphatic carbocycles. The third-order valence-electron chi connectivity index (χ3n) is 5.10. The monoisotopic (exact) mass is 464 g/mol. The van der Waals surface area contributed by atoms with E-state index in [0.29, 0.717) is 5.52 Å². The summed E-state index contributed by atoms with van der Waals surface area (Å²) in [4.78, 5) is 34.6. The fraction of sp³-hybridized carbons (Fsp3) is 0.300. The van der Waals surface area contributed by atoms with Crippen LogP contribution in [0.1, 0.15) is 16.6 Å². The molecule has 170 valence electrons. The van der Waals surface area contributed by atoms with Crippen LogP contribution in [0.25, 0.3) is 10.9 Å². The number of carbonyl (C=O) groups excluding carboxylic acids is 1. The Morgan fingerprint density at radius 3 is 2.62 bits per heavy atom. The Labute approximate surface area is 182 Å². The molecule has 0 unspecified atom stereocenters. The van der Waals surface area contributed by atoms with Gasteiger partial charge in [0.15, 0.2) is 6.23 Å². The number of esters is 1. The van der Waals surface area contributed by atoms with Gasteiger partial charge < -0.3 is 34.0 Å². The topological polar surface area (TPSA) is 161 Å². The molecule has 2 aromatic heterocycles. The molecule has 11 nitrogen and oxygen atoms in total. The lowest BCUT2D eigenvalue weighted by atomic mass is 9.98. The van der Waals surface area contributed by atoms with Gasteiger partial charge in [0.2, 0.25) is 0 Å². The van der Waals surface area contributed by atoms with Gasteiger partial charge in [0, 0.05) is 18.6 Å². The van der Waals surface area contributed by atoms with Crippen LogP contribution in [0.3, 0.4) is 0 Å². The molecule has 0 radical (unpaired) electrons. The third kappa shape index (κ3) is 4.74. The maximum atomic E-state index is 12.2. The zero-order chi connectivity index (χ0) is 22.9. The molecular weight excluding hydrogens is 443 g/mol. The van der Waals surface area contributed by atoms with E-state index in [1.807, 2.05) is 12.1 Å². The second-order valence-electron chi connectivity index (χ2n) is 7.23. The van der Waals surface area contributed by atoms with Gasteiger partial charge in [-0.1, -0.05) is 18.2 Å². The number of carbonyl (C=O) groups is 1. The Balaban J connectivity index is 1.60. The first-order valence-electron chi connectivity index (χ1n) is 9.63. The molecule has 1 aliphatic rings. The summed E-state index contributed by atoms with van der Waals surface area (Å²) in [7, 11) is -5.07. The molecule has 3 aromatic rings. The van der Waals surface area contributed by atoms with Gasteiger partial charge in [-0.3, -0.25) is 9.51 Å². The van der Waals surface area contributed by atoms with Crippen LogP contribution in [-0.4, -0.2) is 66.5 Å². The molecule has 1 aliphatic heterocycles. The van der Waals surface area contributed by atoms with Gasteiger partial charge in [-0.25, -0.2) is 9.36 Å². The number of rotatable bonds is 6. The van der Waals surface area contributed by atoms with Gasteiger partial charge in [0.1, 0.15) is 31.0 Å². The highest BCUT2D eigenvalue weighted by atomic mass is 31.2. The van der Waals surface area contributed by atoms with Crippen LogP contribution < -0.4 is 0 Å². The van der Waals surface area contributed by atoms with E-state index in [1.54, 1.807) is 35.0 Å². The molecule has 1 saturated heterocycles. The molecule has 4 rings (SSSR count). The summed E-state index contributed by atoms with van der Waals surface area (Å²) in [6, 6.07) is 12.0. The SMILES string of the molecule is O=C(OC[C@H]1O[C@@H](n2ccc3ccccc32)[C@H](O)[C@@H](OP(=O)(O)O)[C@@H]1O)c1cccnc1. The Bertz CT molecular complexity index is 1130. The summed E-state index contributed by atoms with van der Waals surface area (Å²) in [5.41, 5.74) is 0.850. The number of hydrogen-bond acceptors (Lipinski definition) is 8. The third-order valence-corrected chi connectivity index (χ3v) is 5.62. The minimum absolute atomic E-state index is 0.175. The predicted molar refractivity (Wildman–Crippen MR) is 109 cm³/mol. The quantitative estimate of drug-likeness (QED) is 0.306. The molecule has 0 spiro atoms. The number of benzene rings is 1. The van der Waals surface area contributed by atoms with Crippen LogP contribution in [0, 0.1) is 0 Å². The number of para-hydroxylation sites is 1. The van der Waals surface area contributed by atoms with Crippen LogP contribution in [0.2, 0.25) is 0 Å². The second kappa shape index (κ2) is 9.08. The smallest absolute Gasteiger partial charge is 0.459 e. The van der Waals surface area contributed by atoms with E-state index in [2.05, 4.69) is 9.51 Å². The molecule has 3 heterocycles. The molecule has 32 heavy (non-hydrogen) atoms. The van der Waals surface area contributed by atoms with Gasteiger partial charge in [0.05, 0.1) is 11.1 Å². The molecule has 0 bridgehead atoms.